The summed E-state index contributed by atoms with van der Waals surface area (Å²) in [4.78, 5) is 0. The zero-order chi connectivity index (χ0) is 20.4. The molecule has 142 valence electrons. The van der Waals surface area contributed by atoms with Crippen molar-refractivity contribution in [3.05, 3.63) is 40.5 Å². The van der Waals surface area contributed by atoms with Crippen LogP contribution in [0.3, 0.4) is 0 Å². The minimum absolute atomic E-state index is 0.0248. The van der Waals surface area contributed by atoms with Gasteiger partial charge in [0.2, 0.25) is 11.6 Å². The first kappa shape index (κ1) is 20.0. The Kier molecular flexibility index (Phi) is 5.56. The second-order valence-corrected chi connectivity index (χ2v) is 6.95. The van der Waals surface area contributed by atoms with Crippen molar-refractivity contribution in [1.82, 2.24) is 0 Å². The molecule has 0 aromatic heterocycles. The van der Waals surface area contributed by atoms with Crippen molar-refractivity contribution in [1.29, 1.82) is 10.5 Å². The van der Waals surface area contributed by atoms with Crippen molar-refractivity contribution in [2.24, 2.45) is 11.1 Å². The van der Waals surface area contributed by atoms with E-state index in [0.717, 1.165) is 0 Å². The molecule has 7 nitrogen and oxygen atoms in total. The smallest absolute Gasteiger partial charge is 0.205 e. The van der Waals surface area contributed by atoms with Gasteiger partial charge in [-0.05, 0) is 6.07 Å². The summed E-state index contributed by atoms with van der Waals surface area (Å²) in [6, 6.07) is 7.70. The minimum Gasteiger partial charge on any atom is -0.493 e. The lowest BCUT2D eigenvalue weighted by molar-refractivity contribution is 0.199. The van der Waals surface area contributed by atoms with Crippen LogP contribution in [-0.2, 0) is 4.74 Å². The van der Waals surface area contributed by atoms with Crippen LogP contribution in [0.5, 0.6) is 17.2 Å². The molecule has 0 bridgehead atoms. The van der Waals surface area contributed by atoms with Crippen LogP contribution in [0.25, 0.3) is 0 Å². The Hall–Kier alpha value is -3.32. The van der Waals surface area contributed by atoms with Crippen molar-refractivity contribution >= 4 is 0 Å². The Morgan fingerprint density at radius 3 is 2.00 bits per heavy atom. The van der Waals surface area contributed by atoms with E-state index in [1.165, 1.54) is 21.3 Å². The zero-order valence-corrected chi connectivity index (χ0v) is 16.3. The molecule has 27 heavy (non-hydrogen) atoms. The van der Waals surface area contributed by atoms with E-state index in [4.69, 9.17) is 24.7 Å². The van der Waals surface area contributed by atoms with E-state index in [2.05, 4.69) is 12.1 Å². The quantitative estimate of drug-likeness (QED) is 0.866. The highest BCUT2D eigenvalue weighted by molar-refractivity contribution is 5.63. The third-order valence-electron chi connectivity index (χ3n) is 4.27. The highest BCUT2D eigenvalue weighted by Gasteiger charge is 2.39. The van der Waals surface area contributed by atoms with Crippen molar-refractivity contribution in [3.8, 4) is 29.4 Å². The van der Waals surface area contributed by atoms with Crippen LogP contribution in [0.15, 0.2) is 34.9 Å². The molecule has 1 aliphatic rings. The van der Waals surface area contributed by atoms with Crippen LogP contribution < -0.4 is 19.9 Å². The van der Waals surface area contributed by atoms with Crippen LogP contribution in [0.1, 0.15) is 32.3 Å². The lowest BCUT2D eigenvalue weighted by atomic mass is 9.78. The maximum Gasteiger partial charge on any atom is 0.205 e. The molecule has 2 rings (SSSR count). The van der Waals surface area contributed by atoms with Crippen LogP contribution in [0, 0.1) is 28.1 Å². The van der Waals surface area contributed by atoms with Gasteiger partial charge in [0.1, 0.15) is 17.4 Å². The van der Waals surface area contributed by atoms with Crippen molar-refractivity contribution in [2.45, 2.75) is 26.7 Å². The number of hydrogen-bond donors (Lipinski definition) is 1. The number of rotatable bonds is 4. The molecule has 0 fully saturated rings. The first-order valence-electron chi connectivity index (χ1n) is 8.26. The Balaban J connectivity index is 2.88. The Morgan fingerprint density at radius 2 is 1.56 bits per heavy atom. The van der Waals surface area contributed by atoms with E-state index in [1.807, 2.05) is 20.8 Å². The molecule has 0 unspecified atom stereocenters. The molecule has 0 saturated heterocycles. The fourth-order valence-electron chi connectivity index (χ4n) is 3.09. The maximum absolute atomic E-state index is 9.89. The Morgan fingerprint density at radius 1 is 0.963 bits per heavy atom. The lowest BCUT2D eigenvalue weighted by Crippen LogP contribution is -2.26. The molecule has 1 aromatic rings. The molecular formula is C20H23N3O4. The topological polar surface area (TPSA) is 111 Å². The van der Waals surface area contributed by atoms with Gasteiger partial charge in [-0.2, -0.15) is 10.5 Å². The SMILES string of the molecule is COc1ccc([C@H]2C(C#N)=C(N)OC(C(C)(C)C)=C2C#N)c(OC)c1OC. The molecule has 0 aliphatic carbocycles. The van der Waals surface area contributed by atoms with Gasteiger partial charge in [-0.25, -0.2) is 0 Å². The largest absolute Gasteiger partial charge is 0.493 e. The second kappa shape index (κ2) is 7.51. The predicted molar refractivity (Wildman–Crippen MR) is 98.8 cm³/mol. The maximum atomic E-state index is 9.89. The highest BCUT2D eigenvalue weighted by atomic mass is 16.5. The van der Waals surface area contributed by atoms with Crippen molar-refractivity contribution < 1.29 is 18.9 Å². The number of ether oxygens (including phenoxy) is 4. The van der Waals surface area contributed by atoms with Gasteiger partial charge in [-0.1, -0.05) is 26.8 Å². The van der Waals surface area contributed by atoms with E-state index in [1.54, 1.807) is 12.1 Å². The number of benzene rings is 1. The van der Waals surface area contributed by atoms with Gasteiger partial charge in [0.05, 0.1) is 38.9 Å². The third-order valence-corrected chi connectivity index (χ3v) is 4.27. The van der Waals surface area contributed by atoms with E-state index >= 15 is 0 Å². The standard InChI is InChI=1S/C20H23N3O4/c1-20(2,3)18-12(9-21)15(13(10-22)19(23)27-18)11-7-8-14(24-4)17(26-6)16(11)25-5/h7-8,15H,23H2,1-6H3/t15-/m1/s1. The van der Waals surface area contributed by atoms with Crippen LogP contribution in [0.2, 0.25) is 0 Å². The molecule has 1 aliphatic heterocycles. The molecule has 7 heteroatoms. The second-order valence-electron chi connectivity index (χ2n) is 6.95. The highest BCUT2D eigenvalue weighted by Crippen LogP contribution is 2.50. The summed E-state index contributed by atoms with van der Waals surface area (Å²) >= 11 is 0. The van der Waals surface area contributed by atoms with Gasteiger partial charge in [0.15, 0.2) is 11.5 Å². The first-order chi connectivity index (χ1) is 12.7. The Labute approximate surface area is 159 Å². The summed E-state index contributed by atoms with van der Waals surface area (Å²) in [5.74, 6) is 0.864. The molecule has 1 atom stereocenters. The molecular weight excluding hydrogens is 346 g/mol. The first-order valence-corrected chi connectivity index (χ1v) is 8.26. The summed E-state index contributed by atoms with van der Waals surface area (Å²) in [6.07, 6.45) is 0. The van der Waals surface area contributed by atoms with Crippen LogP contribution in [-0.4, -0.2) is 21.3 Å². The van der Waals surface area contributed by atoms with Crippen molar-refractivity contribution in [3.63, 3.8) is 0 Å². The van der Waals surface area contributed by atoms with E-state index < -0.39 is 11.3 Å². The number of allylic oxidation sites excluding steroid dienone is 3. The summed E-state index contributed by atoms with van der Waals surface area (Å²) in [6.45, 7) is 5.73. The van der Waals surface area contributed by atoms with Gasteiger partial charge in [-0.3, -0.25) is 0 Å². The number of nitriles is 2. The summed E-state index contributed by atoms with van der Waals surface area (Å²) in [7, 11) is 4.49. The predicted octanol–water partition coefficient (Wildman–Crippen LogP) is 3.34. The van der Waals surface area contributed by atoms with E-state index in [-0.39, 0.29) is 11.5 Å². The average molecular weight is 369 g/mol. The van der Waals surface area contributed by atoms with E-state index in [9.17, 15) is 10.5 Å². The summed E-state index contributed by atoms with van der Waals surface area (Å²) in [5, 5.41) is 19.6. The van der Waals surface area contributed by atoms with Crippen molar-refractivity contribution in [2.75, 3.05) is 21.3 Å². The van der Waals surface area contributed by atoms with Gasteiger partial charge in [0, 0.05) is 11.0 Å². The summed E-state index contributed by atoms with van der Waals surface area (Å²) in [5.41, 5.74) is 6.56. The fourth-order valence-corrected chi connectivity index (χ4v) is 3.09. The third kappa shape index (κ3) is 3.37. The normalized spacial score (nSPS) is 17.0. The molecule has 1 heterocycles. The molecule has 0 radical (unpaired) electrons. The number of nitrogens with two attached hydrogens (primary N) is 1. The lowest BCUT2D eigenvalue weighted by Gasteiger charge is -2.32. The molecule has 1 aromatic carbocycles. The monoisotopic (exact) mass is 369 g/mol. The molecule has 0 saturated carbocycles. The zero-order valence-electron chi connectivity index (χ0n) is 16.3. The van der Waals surface area contributed by atoms with Gasteiger partial charge in [-0.15, -0.1) is 0 Å². The van der Waals surface area contributed by atoms with Gasteiger partial charge in [0.25, 0.3) is 0 Å². The molecule has 0 spiro atoms. The number of methoxy groups -OCH3 is 3. The summed E-state index contributed by atoms with van der Waals surface area (Å²) < 4.78 is 22.0. The molecule has 0 amide bonds. The average Bonchev–Trinajstić information content (AvgIpc) is 2.64. The Bertz CT molecular complexity index is 896. The van der Waals surface area contributed by atoms with E-state index in [0.29, 0.717) is 34.1 Å². The number of nitrogens with zero attached hydrogens (tertiary/aromatic N) is 2. The molecule has 2 N–H and O–H groups in total. The van der Waals surface area contributed by atoms with Gasteiger partial charge < -0.3 is 24.7 Å². The number of hydrogen-bond acceptors (Lipinski definition) is 7. The minimum atomic E-state index is -0.738. The van der Waals surface area contributed by atoms with Crippen LogP contribution in [0.4, 0.5) is 0 Å². The van der Waals surface area contributed by atoms with Crippen LogP contribution >= 0.6 is 0 Å². The fraction of sp³-hybridized carbons (Fsp3) is 0.400. The van der Waals surface area contributed by atoms with Gasteiger partial charge >= 0.3 is 0 Å².